The third-order valence-corrected chi connectivity index (χ3v) is 3.85. The molecule has 0 saturated carbocycles. The zero-order chi connectivity index (χ0) is 13.1. The average Bonchev–Trinajstić information content (AvgIpc) is 2.39. The Morgan fingerprint density at radius 1 is 1.39 bits per heavy atom. The number of pyridine rings is 1. The van der Waals surface area contributed by atoms with E-state index in [-0.39, 0.29) is 0 Å². The fourth-order valence-corrected chi connectivity index (χ4v) is 2.42. The molecule has 18 heavy (non-hydrogen) atoms. The maximum atomic E-state index is 9.47. The van der Waals surface area contributed by atoms with Crippen molar-refractivity contribution in [1.82, 2.24) is 9.88 Å². The molecule has 1 atom stereocenters. The summed E-state index contributed by atoms with van der Waals surface area (Å²) in [6.07, 6.45) is 3.70. The summed E-state index contributed by atoms with van der Waals surface area (Å²) in [5, 5.41) is 9.47. The average molecular weight is 249 g/mol. The van der Waals surface area contributed by atoms with Gasteiger partial charge in [0.2, 0.25) is 0 Å². The number of nitrogens with zero attached hydrogens (tertiary/aromatic N) is 3. The van der Waals surface area contributed by atoms with Crippen LogP contribution in [0.25, 0.3) is 0 Å². The molecule has 0 bridgehead atoms. The van der Waals surface area contributed by atoms with Crippen LogP contribution in [0.3, 0.4) is 0 Å². The molecule has 1 aliphatic rings. The van der Waals surface area contributed by atoms with Gasteiger partial charge >= 0.3 is 0 Å². The quantitative estimate of drug-likeness (QED) is 0.884. The van der Waals surface area contributed by atoms with Crippen LogP contribution in [0.5, 0.6) is 0 Å². The number of rotatable bonds is 3. The fraction of sp³-hybridized carbons (Fsp3) is 0.643. The Morgan fingerprint density at radius 2 is 2.06 bits per heavy atom. The molecule has 1 aromatic heterocycles. The number of aromatic nitrogens is 1. The molecule has 4 heteroatoms. The summed E-state index contributed by atoms with van der Waals surface area (Å²) in [6.45, 7) is 4.07. The van der Waals surface area contributed by atoms with Crippen molar-refractivity contribution in [3.05, 3.63) is 23.9 Å². The number of aliphatic hydroxyl groups is 1. The molecule has 0 aliphatic carbocycles. The first-order chi connectivity index (χ1) is 8.58. The molecule has 0 amide bonds. The van der Waals surface area contributed by atoms with Crippen molar-refractivity contribution < 1.29 is 5.11 Å². The summed E-state index contributed by atoms with van der Waals surface area (Å²) in [4.78, 5) is 9.08. The molecule has 2 heterocycles. The molecule has 1 fully saturated rings. The van der Waals surface area contributed by atoms with Gasteiger partial charge in [0.05, 0.1) is 6.10 Å². The van der Waals surface area contributed by atoms with E-state index in [0.29, 0.717) is 6.04 Å². The van der Waals surface area contributed by atoms with Gasteiger partial charge in [-0.3, -0.25) is 0 Å². The van der Waals surface area contributed by atoms with Crippen LogP contribution in [0.2, 0.25) is 0 Å². The van der Waals surface area contributed by atoms with Crippen LogP contribution in [0, 0.1) is 0 Å². The van der Waals surface area contributed by atoms with Crippen LogP contribution < -0.4 is 4.90 Å². The fourth-order valence-electron chi connectivity index (χ4n) is 2.42. The van der Waals surface area contributed by atoms with E-state index in [0.717, 1.165) is 24.5 Å². The normalized spacial score (nSPS) is 19.8. The molecular formula is C14H23N3O. The second-order valence-electron chi connectivity index (χ2n) is 5.27. The van der Waals surface area contributed by atoms with Crippen molar-refractivity contribution in [2.45, 2.75) is 31.9 Å². The van der Waals surface area contributed by atoms with Crippen molar-refractivity contribution in [3.63, 3.8) is 0 Å². The van der Waals surface area contributed by atoms with Crippen molar-refractivity contribution in [2.24, 2.45) is 0 Å². The van der Waals surface area contributed by atoms with Crippen molar-refractivity contribution >= 4 is 5.82 Å². The Kier molecular flexibility index (Phi) is 4.19. The van der Waals surface area contributed by atoms with E-state index in [1.165, 1.54) is 12.8 Å². The largest absolute Gasteiger partial charge is 0.389 e. The van der Waals surface area contributed by atoms with Crippen LogP contribution >= 0.6 is 0 Å². The number of piperidine rings is 1. The highest BCUT2D eigenvalue weighted by Crippen LogP contribution is 2.21. The number of hydrogen-bond donors (Lipinski definition) is 1. The monoisotopic (exact) mass is 249 g/mol. The predicted molar refractivity (Wildman–Crippen MR) is 73.8 cm³/mol. The molecule has 4 nitrogen and oxygen atoms in total. The first kappa shape index (κ1) is 13.3. The first-order valence-electron chi connectivity index (χ1n) is 6.63. The van der Waals surface area contributed by atoms with Gasteiger partial charge in [-0.2, -0.15) is 0 Å². The van der Waals surface area contributed by atoms with Gasteiger partial charge in [-0.05, 0) is 51.5 Å². The molecule has 1 N–H and O–H groups in total. The highest BCUT2D eigenvalue weighted by atomic mass is 16.3. The summed E-state index contributed by atoms with van der Waals surface area (Å²) >= 11 is 0. The van der Waals surface area contributed by atoms with E-state index in [2.05, 4.69) is 28.9 Å². The van der Waals surface area contributed by atoms with Crippen LogP contribution in [0.4, 0.5) is 5.82 Å². The van der Waals surface area contributed by atoms with E-state index in [1.54, 1.807) is 13.1 Å². The molecular weight excluding hydrogens is 226 g/mol. The van der Waals surface area contributed by atoms with Gasteiger partial charge in [0.1, 0.15) is 5.82 Å². The highest BCUT2D eigenvalue weighted by molar-refractivity contribution is 5.40. The molecule has 1 aromatic rings. The van der Waals surface area contributed by atoms with E-state index >= 15 is 0 Å². The molecule has 0 radical (unpaired) electrons. The number of anilines is 1. The zero-order valence-electron chi connectivity index (χ0n) is 11.5. The molecule has 0 spiro atoms. The predicted octanol–water partition coefficient (Wildman–Crippen LogP) is 1.67. The van der Waals surface area contributed by atoms with E-state index in [9.17, 15) is 5.11 Å². The zero-order valence-corrected chi connectivity index (χ0v) is 11.5. The minimum atomic E-state index is -0.444. The van der Waals surface area contributed by atoms with Gasteiger partial charge in [0, 0.05) is 19.3 Å². The summed E-state index contributed by atoms with van der Waals surface area (Å²) in [5.74, 6) is 0.994. The Morgan fingerprint density at radius 3 is 2.56 bits per heavy atom. The lowest BCUT2D eigenvalue weighted by molar-refractivity contribution is 0.199. The smallest absolute Gasteiger partial charge is 0.128 e. The topological polar surface area (TPSA) is 39.6 Å². The van der Waals surface area contributed by atoms with Gasteiger partial charge in [0.15, 0.2) is 0 Å². The molecule has 1 saturated heterocycles. The van der Waals surface area contributed by atoms with Crippen molar-refractivity contribution in [1.29, 1.82) is 0 Å². The third-order valence-electron chi connectivity index (χ3n) is 3.85. The second-order valence-corrected chi connectivity index (χ2v) is 5.27. The first-order valence-corrected chi connectivity index (χ1v) is 6.63. The molecule has 0 aromatic carbocycles. The summed E-state index contributed by atoms with van der Waals surface area (Å²) in [5.41, 5.74) is 0.871. The van der Waals surface area contributed by atoms with Gasteiger partial charge in [0.25, 0.3) is 0 Å². The van der Waals surface area contributed by atoms with Crippen LogP contribution in [-0.4, -0.2) is 48.2 Å². The Bertz CT molecular complexity index is 369. The van der Waals surface area contributed by atoms with Crippen molar-refractivity contribution in [2.75, 3.05) is 32.1 Å². The van der Waals surface area contributed by atoms with E-state index in [4.69, 9.17) is 0 Å². The number of hydrogen-bond acceptors (Lipinski definition) is 4. The van der Waals surface area contributed by atoms with E-state index < -0.39 is 6.10 Å². The van der Waals surface area contributed by atoms with Gasteiger partial charge in [-0.1, -0.05) is 6.07 Å². The van der Waals surface area contributed by atoms with Crippen LogP contribution in [-0.2, 0) is 0 Å². The van der Waals surface area contributed by atoms with E-state index in [1.807, 2.05) is 12.1 Å². The lowest BCUT2D eigenvalue weighted by atomic mass is 10.0. The summed E-state index contributed by atoms with van der Waals surface area (Å²) in [7, 11) is 4.28. The lowest BCUT2D eigenvalue weighted by Crippen LogP contribution is -2.42. The molecule has 2 rings (SSSR count). The Hall–Kier alpha value is -1.13. The minimum absolute atomic E-state index is 0.444. The third kappa shape index (κ3) is 3.00. The van der Waals surface area contributed by atoms with Crippen LogP contribution in [0.15, 0.2) is 18.3 Å². The number of likely N-dealkylation sites (tertiary alicyclic amines) is 1. The maximum absolute atomic E-state index is 9.47. The standard InChI is InChI=1S/C14H23N3O/c1-11(18)12-4-5-14(15-10-12)17(3)13-6-8-16(2)9-7-13/h4-5,10-11,13,18H,6-9H2,1-3H3. The maximum Gasteiger partial charge on any atom is 0.128 e. The van der Waals surface area contributed by atoms with Gasteiger partial charge in [-0.15, -0.1) is 0 Å². The summed E-state index contributed by atoms with van der Waals surface area (Å²) < 4.78 is 0. The van der Waals surface area contributed by atoms with Crippen molar-refractivity contribution in [3.8, 4) is 0 Å². The number of aliphatic hydroxyl groups excluding tert-OH is 1. The lowest BCUT2D eigenvalue weighted by Gasteiger charge is -2.35. The molecule has 100 valence electrons. The Labute approximate surface area is 109 Å². The molecule has 1 unspecified atom stereocenters. The molecule has 1 aliphatic heterocycles. The second kappa shape index (κ2) is 5.67. The van der Waals surface area contributed by atoms with Gasteiger partial charge < -0.3 is 14.9 Å². The minimum Gasteiger partial charge on any atom is -0.389 e. The SMILES string of the molecule is CC(O)c1ccc(N(C)C2CCN(C)CC2)nc1. The van der Waals surface area contributed by atoms with Gasteiger partial charge in [-0.25, -0.2) is 4.98 Å². The van der Waals surface area contributed by atoms with Crippen LogP contribution in [0.1, 0.15) is 31.4 Å². The summed E-state index contributed by atoms with van der Waals surface area (Å²) in [6, 6.07) is 4.53. The Balaban J connectivity index is 2.02. The highest BCUT2D eigenvalue weighted by Gasteiger charge is 2.21.